The fourth-order valence-corrected chi connectivity index (χ4v) is 5.81. The van der Waals surface area contributed by atoms with Crippen LogP contribution in [-0.2, 0) is 14.3 Å². The molecule has 42 heavy (non-hydrogen) atoms. The monoisotopic (exact) mass is 594 g/mol. The van der Waals surface area contributed by atoms with E-state index < -0.39 is 0 Å². The summed E-state index contributed by atoms with van der Waals surface area (Å²) >= 11 is 0. The van der Waals surface area contributed by atoms with Crippen LogP contribution < -0.4 is 5.32 Å². The van der Waals surface area contributed by atoms with Crippen LogP contribution in [0, 0.1) is 0 Å². The molecule has 0 aliphatic heterocycles. The first kappa shape index (κ1) is 40.9. The molecular formula is C38H75NO3. The molecule has 0 spiro atoms. The Hall–Kier alpha value is -1.06. The van der Waals surface area contributed by atoms with Crippen LogP contribution in [-0.4, -0.2) is 25.0 Å². The van der Waals surface area contributed by atoms with Gasteiger partial charge in [0, 0.05) is 12.8 Å². The van der Waals surface area contributed by atoms with Crippen LogP contribution in [0.3, 0.4) is 0 Å². The summed E-state index contributed by atoms with van der Waals surface area (Å²) in [6.07, 6.45) is 41.0. The third-order valence-electron chi connectivity index (χ3n) is 8.68. The van der Waals surface area contributed by atoms with Crippen molar-refractivity contribution in [3.05, 3.63) is 0 Å². The summed E-state index contributed by atoms with van der Waals surface area (Å²) in [4.78, 5) is 23.9. The van der Waals surface area contributed by atoms with Crippen molar-refractivity contribution in [2.24, 2.45) is 0 Å². The van der Waals surface area contributed by atoms with Gasteiger partial charge in [0.05, 0.1) is 6.54 Å². The molecule has 0 saturated heterocycles. The molecule has 4 heteroatoms. The van der Waals surface area contributed by atoms with Crippen molar-refractivity contribution < 1.29 is 14.3 Å². The predicted molar refractivity (Wildman–Crippen MR) is 183 cm³/mol. The van der Waals surface area contributed by atoms with Gasteiger partial charge in [-0.25, -0.2) is 0 Å². The average molecular weight is 594 g/mol. The van der Waals surface area contributed by atoms with E-state index in [9.17, 15) is 9.59 Å². The van der Waals surface area contributed by atoms with Crippen molar-refractivity contribution in [2.45, 2.75) is 219 Å². The Bertz CT molecular complexity index is 502. The third-order valence-corrected chi connectivity index (χ3v) is 8.68. The van der Waals surface area contributed by atoms with Gasteiger partial charge in [-0.2, -0.15) is 0 Å². The smallest absolute Gasteiger partial charge is 0.305 e. The summed E-state index contributed by atoms with van der Waals surface area (Å²) in [5, 5.41) is 2.89. The Morgan fingerprint density at radius 3 is 1.02 bits per heavy atom. The minimum Gasteiger partial charge on any atom is -0.464 e. The first-order chi connectivity index (χ1) is 20.7. The zero-order valence-corrected chi connectivity index (χ0v) is 28.8. The van der Waals surface area contributed by atoms with Crippen LogP contribution in [0.5, 0.6) is 0 Å². The van der Waals surface area contributed by atoms with E-state index >= 15 is 0 Å². The average Bonchev–Trinajstić information content (AvgIpc) is 2.99. The second kappa shape index (κ2) is 36.1. The number of amides is 1. The molecule has 0 saturated carbocycles. The molecule has 0 fully saturated rings. The number of rotatable bonds is 35. The van der Waals surface area contributed by atoms with Crippen LogP contribution in [0.25, 0.3) is 0 Å². The van der Waals surface area contributed by atoms with E-state index in [0.29, 0.717) is 26.0 Å². The van der Waals surface area contributed by atoms with Gasteiger partial charge >= 0.3 is 5.97 Å². The zero-order valence-electron chi connectivity index (χ0n) is 28.8. The van der Waals surface area contributed by atoms with Gasteiger partial charge in [-0.05, 0) is 12.8 Å². The van der Waals surface area contributed by atoms with Crippen LogP contribution in [0.15, 0.2) is 0 Å². The topological polar surface area (TPSA) is 55.4 Å². The highest BCUT2D eigenvalue weighted by Crippen LogP contribution is 2.15. The lowest BCUT2D eigenvalue weighted by Gasteiger charge is -2.07. The lowest BCUT2D eigenvalue weighted by molar-refractivity contribution is -0.144. The highest BCUT2D eigenvalue weighted by atomic mass is 16.5. The van der Waals surface area contributed by atoms with Gasteiger partial charge in [0.2, 0.25) is 5.91 Å². The molecule has 0 aliphatic rings. The minimum atomic E-state index is -0.124. The molecule has 1 N–H and O–H groups in total. The first-order valence-corrected chi connectivity index (χ1v) is 19.1. The molecule has 0 aromatic carbocycles. The normalized spacial score (nSPS) is 11.2. The van der Waals surface area contributed by atoms with Crippen molar-refractivity contribution in [3.63, 3.8) is 0 Å². The summed E-state index contributed by atoms with van der Waals surface area (Å²) in [5.41, 5.74) is 0. The van der Waals surface area contributed by atoms with Gasteiger partial charge in [-0.3, -0.25) is 9.59 Å². The summed E-state index contributed by atoms with van der Waals surface area (Å²) in [6, 6.07) is 0. The Labute approximate surface area is 263 Å². The number of nitrogens with one attached hydrogen (secondary N) is 1. The Kier molecular flexibility index (Phi) is 35.2. The van der Waals surface area contributed by atoms with Crippen molar-refractivity contribution in [2.75, 3.05) is 13.2 Å². The van der Waals surface area contributed by atoms with E-state index in [-0.39, 0.29) is 11.9 Å². The Balaban J connectivity index is 3.26. The van der Waals surface area contributed by atoms with Gasteiger partial charge in [0.1, 0.15) is 6.61 Å². The van der Waals surface area contributed by atoms with E-state index in [4.69, 9.17) is 4.74 Å². The molecule has 0 atom stereocenters. The van der Waals surface area contributed by atoms with Crippen LogP contribution in [0.2, 0.25) is 0 Å². The highest BCUT2D eigenvalue weighted by molar-refractivity contribution is 5.75. The lowest BCUT2D eigenvalue weighted by Crippen LogP contribution is -2.27. The van der Waals surface area contributed by atoms with Gasteiger partial charge in [0.15, 0.2) is 0 Å². The van der Waals surface area contributed by atoms with Crippen LogP contribution >= 0.6 is 0 Å². The van der Waals surface area contributed by atoms with Crippen LogP contribution in [0.1, 0.15) is 219 Å². The summed E-state index contributed by atoms with van der Waals surface area (Å²) in [5.74, 6) is -0.0375. The Morgan fingerprint density at radius 1 is 0.405 bits per heavy atom. The molecule has 0 aliphatic carbocycles. The van der Waals surface area contributed by atoms with Crippen molar-refractivity contribution in [3.8, 4) is 0 Å². The quantitative estimate of drug-likeness (QED) is 0.0587. The van der Waals surface area contributed by atoms with Crippen molar-refractivity contribution in [1.82, 2.24) is 5.32 Å². The number of hydrogen-bond acceptors (Lipinski definition) is 3. The first-order valence-electron chi connectivity index (χ1n) is 19.1. The van der Waals surface area contributed by atoms with Gasteiger partial charge in [-0.15, -0.1) is 0 Å². The molecule has 250 valence electrons. The molecular weight excluding hydrogens is 518 g/mol. The summed E-state index contributed by atoms with van der Waals surface area (Å²) in [7, 11) is 0. The molecule has 1 amide bonds. The molecule has 0 rings (SSSR count). The van der Waals surface area contributed by atoms with Gasteiger partial charge in [-0.1, -0.05) is 194 Å². The van der Waals surface area contributed by atoms with E-state index in [1.807, 2.05) is 0 Å². The number of carbonyl (C=O) groups excluding carboxylic acids is 2. The molecule has 4 nitrogen and oxygen atoms in total. The maximum absolute atomic E-state index is 12.0. The van der Waals surface area contributed by atoms with E-state index in [1.165, 1.54) is 167 Å². The number of esters is 1. The van der Waals surface area contributed by atoms with Gasteiger partial charge < -0.3 is 10.1 Å². The standard InChI is InChI=1S/C38H75NO3/c1-3-5-7-9-11-13-15-17-19-21-23-25-27-29-31-33-37(40)39-35-36-42-38(41)34-32-30-28-26-24-22-20-18-16-14-12-10-8-6-4-2/h3-36H2,1-2H3,(H,39,40). The maximum atomic E-state index is 12.0. The highest BCUT2D eigenvalue weighted by Gasteiger charge is 2.05. The fourth-order valence-electron chi connectivity index (χ4n) is 5.81. The summed E-state index contributed by atoms with van der Waals surface area (Å²) in [6.45, 7) is 5.28. The fraction of sp³-hybridized carbons (Fsp3) is 0.947. The molecule has 0 heterocycles. The Morgan fingerprint density at radius 2 is 0.690 bits per heavy atom. The molecule has 0 aromatic rings. The number of ether oxygens (including phenoxy) is 1. The number of carbonyl (C=O) groups is 2. The molecule has 0 unspecified atom stereocenters. The zero-order chi connectivity index (χ0) is 30.6. The largest absolute Gasteiger partial charge is 0.464 e. The number of unbranched alkanes of at least 4 members (excludes halogenated alkanes) is 28. The minimum absolute atomic E-state index is 0.0863. The summed E-state index contributed by atoms with van der Waals surface area (Å²) < 4.78 is 5.29. The van der Waals surface area contributed by atoms with E-state index in [1.54, 1.807) is 0 Å². The van der Waals surface area contributed by atoms with Crippen LogP contribution in [0.4, 0.5) is 0 Å². The molecule has 0 radical (unpaired) electrons. The van der Waals surface area contributed by atoms with E-state index in [2.05, 4.69) is 19.2 Å². The lowest BCUT2D eigenvalue weighted by atomic mass is 10.0. The van der Waals surface area contributed by atoms with Crippen molar-refractivity contribution >= 4 is 11.9 Å². The third kappa shape index (κ3) is 35.1. The van der Waals surface area contributed by atoms with Crippen molar-refractivity contribution in [1.29, 1.82) is 0 Å². The number of hydrogen-bond donors (Lipinski definition) is 1. The molecule has 0 aromatic heterocycles. The second-order valence-corrected chi connectivity index (χ2v) is 13.0. The van der Waals surface area contributed by atoms with E-state index in [0.717, 1.165) is 25.7 Å². The second-order valence-electron chi connectivity index (χ2n) is 13.0. The SMILES string of the molecule is CCCCCCCCCCCCCCCCCC(=O)NCCOC(=O)CCCCCCCCCCCCCCCCC. The molecule has 0 bridgehead atoms. The predicted octanol–water partition coefficient (Wildman–Crippen LogP) is 12.2. The maximum Gasteiger partial charge on any atom is 0.305 e. The van der Waals surface area contributed by atoms with Gasteiger partial charge in [0.25, 0.3) is 0 Å².